The molecule has 3 saturated heterocycles. The van der Waals surface area contributed by atoms with Crippen LogP contribution in [-0.2, 0) is 34.8 Å². The van der Waals surface area contributed by atoms with Gasteiger partial charge in [-0.25, -0.2) is 15.0 Å². The van der Waals surface area contributed by atoms with Crippen molar-refractivity contribution in [3.63, 3.8) is 0 Å². The number of carbonyl (C=O) groups excluding carboxylic acids is 3. The van der Waals surface area contributed by atoms with Crippen molar-refractivity contribution in [3.05, 3.63) is 130 Å². The van der Waals surface area contributed by atoms with Crippen molar-refractivity contribution in [2.24, 2.45) is 0 Å². The first-order valence-electron chi connectivity index (χ1n) is 22.1. The highest BCUT2D eigenvalue weighted by Crippen LogP contribution is 2.37. The number of nitrogens with zero attached hydrogens (tertiary/aromatic N) is 6. The molecule has 0 bridgehead atoms. The predicted molar refractivity (Wildman–Crippen MR) is 244 cm³/mol. The van der Waals surface area contributed by atoms with Gasteiger partial charge < -0.3 is 35.7 Å². The summed E-state index contributed by atoms with van der Waals surface area (Å²) < 4.78 is 5.25. The minimum Gasteiger partial charge on any atom is -0.497 e. The molecule has 3 fully saturated rings. The van der Waals surface area contributed by atoms with Gasteiger partial charge >= 0.3 is 0 Å². The van der Waals surface area contributed by atoms with Crippen LogP contribution in [0.3, 0.4) is 0 Å². The molecule has 0 spiro atoms. The number of hydrogen-bond donors (Lipinski definition) is 5. The van der Waals surface area contributed by atoms with Crippen molar-refractivity contribution in [2.75, 3.05) is 48.8 Å². The minimum atomic E-state index is -0.993. The number of likely N-dealkylation sites (tertiary alicyclic amines) is 1. The summed E-state index contributed by atoms with van der Waals surface area (Å²) in [6, 6.07) is 25.7. The third-order valence-corrected chi connectivity index (χ3v) is 13.2. The molecule has 15 nitrogen and oxygen atoms in total. The highest BCUT2D eigenvalue weighted by atomic mass is 16.5. The highest BCUT2D eigenvalue weighted by Gasteiger charge is 2.41. The molecule has 64 heavy (non-hydrogen) atoms. The number of carbonyl (C=O) groups is 3. The standard InChI is InChI=1S/C49H54N10O5/c1-31(50)45-41(51-26-32-5-11-39(64-2)12-6-32)28-53-48(56-45)54-43-15-7-35(27-52-43)34-17-21-58(22-18-34)38-9-3-33(4-10-38)29-57-23-19-49(63,20-24-57)37-8-13-40-36(25-37)30-59(47(40)62)42-14-16-44(60)55-46(42)61/h3-13,15,25,27-28,34,42,50-51,63H,14,16-24,26,29-30H2,1-2H3,(H,55,60,61)(H,52,53,54,56). The lowest BCUT2D eigenvalue weighted by atomic mass is 9.83. The van der Waals surface area contributed by atoms with Crippen LogP contribution in [0.2, 0.25) is 0 Å². The summed E-state index contributed by atoms with van der Waals surface area (Å²) in [6.45, 7) is 6.78. The van der Waals surface area contributed by atoms with Crippen LogP contribution in [0, 0.1) is 5.41 Å². The minimum absolute atomic E-state index is 0.206. The number of nitrogens with one attached hydrogen (secondary N) is 4. The van der Waals surface area contributed by atoms with Crippen LogP contribution in [0.5, 0.6) is 5.75 Å². The van der Waals surface area contributed by atoms with Crippen LogP contribution in [0.1, 0.15) is 95.2 Å². The van der Waals surface area contributed by atoms with E-state index in [0.717, 1.165) is 68.0 Å². The highest BCUT2D eigenvalue weighted by molar-refractivity contribution is 6.05. The van der Waals surface area contributed by atoms with Gasteiger partial charge in [0.25, 0.3) is 5.91 Å². The van der Waals surface area contributed by atoms with Gasteiger partial charge in [0.2, 0.25) is 17.8 Å². The second-order valence-corrected chi connectivity index (χ2v) is 17.4. The largest absolute Gasteiger partial charge is 0.497 e. The second kappa shape index (κ2) is 18.2. The molecular formula is C49H54N10O5. The summed E-state index contributed by atoms with van der Waals surface area (Å²) >= 11 is 0. The van der Waals surface area contributed by atoms with E-state index in [4.69, 9.17) is 15.1 Å². The average molecular weight is 863 g/mol. The summed E-state index contributed by atoms with van der Waals surface area (Å²) in [5.74, 6) is 1.31. The van der Waals surface area contributed by atoms with Gasteiger partial charge in [0, 0.05) is 69.7 Å². The molecule has 4 aliphatic rings. The molecule has 0 saturated carbocycles. The van der Waals surface area contributed by atoms with Gasteiger partial charge in [-0.2, -0.15) is 0 Å². The number of benzene rings is 3. The molecule has 330 valence electrons. The Hall–Kier alpha value is -6.71. The van der Waals surface area contributed by atoms with Crippen LogP contribution in [0.15, 0.2) is 91.3 Å². The van der Waals surface area contributed by atoms with E-state index in [1.807, 2.05) is 48.7 Å². The lowest BCUT2D eigenvalue weighted by Gasteiger charge is -2.39. The average Bonchev–Trinajstić information content (AvgIpc) is 3.64. The van der Waals surface area contributed by atoms with Gasteiger partial charge in [0.1, 0.15) is 23.3 Å². The number of methoxy groups -OCH3 is 1. The fourth-order valence-corrected chi connectivity index (χ4v) is 9.41. The van der Waals surface area contributed by atoms with E-state index in [-0.39, 0.29) is 18.2 Å². The number of pyridine rings is 1. The molecule has 1 unspecified atom stereocenters. The Morgan fingerprint density at radius 2 is 1.66 bits per heavy atom. The Morgan fingerprint density at radius 1 is 0.906 bits per heavy atom. The van der Waals surface area contributed by atoms with E-state index in [9.17, 15) is 19.5 Å². The monoisotopic (exact) mass is 862 g/mol. The zero-order chi connectivity index (χ0) is 44.4. The fourth-order valence-electron chi connectivity index (χ4n) is 9.41. The second-order valence-electron chi connectivity index (χ2n) is 17.4. The number of amides is 3. The fraction of sp³-hybridized carbons (Fsp3) is 0.367. The number of anilines is 4. The molecule has 3 aromatic carbocycles. The summed E-state index contributed by atoms with van der Waals surface area (Å²) in [6.07, 6.45) is 7.40. The first kappa shape index (κ1) is 42.6. The molecule has 4 aliphatic heterocycles. The summed E-state index contributed by atoms with van der Waals surface area (Å²) in [5, 5.41) is 29.0. The molecule has 5 N–H and O–H groups in total. The maximum Gasteiger partial charge on any atom is 0.255 e. The molecule has 1 atom stereocenters. The SMILES string of the molecule is COc1ccc(CNc2cnc(Nc3ccc(C4CCN(c5ccc(CN6CCC(O)(c7ccc8c(c7)CN(C7CCC(=O)NC7=O)C8=O)CC6)cc5)CC4)cn3)nc2C(C)=N)cc1. The summed E-state index contributed by atoms with van der Waals surface area (Å²) in [5.41, 5.74) is 7.47. The topological polar surface area (TPSA) is 189 Å². The maximum atomic E-state index is 13.2. The number of ether oxygens (including phenoxy) is 1. The Bertz CT molecular complexity index is 2530. The Labute approximate surface area is 372 Å². The van der Waals surface area contributed by atoms with Gasteiger partial charge in [0.15, 0.2) is 0 Å². The quantitative estimate of drug-likeness (QED) is 0.0662. The van der Waals surface area contributed by atoms with Crippen molar-refractivity contribution >= 4 is 46.6 Å². The first-order chi connectivity index (χ1) is 31.0. The van der Waals surface area contributed by atoms with Crippen molar-refractivity contribution in [2.45, 2.75) is 82.6 Å². The van der Waals surface area contributed by atoms with Crippen LogP contribution in [0.4, 0.5) is 23.1 Å². The van der Waals surface area contributed by atoms with Gasteiger partial charge in [0.05, 0.1) is 30.3 Å². The van der Waals surface area contributed by atoms with E-state index in [1.165, 1.54) is 16.8 Å². The van der Waals surface area contributed by atoms with Gasteiger partial charge in [-0.3, -0.25) is 24.6 Å². The Kier molecular flexibility index (Phi) is 12.1. The van der Waals surface area contributed by atoms with Crippen LogP contribution < -0.4 is 25.6 Å². The lowest BCUT2D eigenvalue weighted by molar-refractivity contribution is -0.136. The van der Waals surface area contributed by atoms with E-state index in [0.29, 0.717) is 72.7 Å². The molecule has 3 amide bonds. The van der Waals surface area contributed by atoms with Gasteiger partial charge in [-0.05, 0) is 109 Å². The van der Waals surface area contributed by atoms with E-state index in [1.54, 1.807) is 31.2 Å². The zero-order valence-corrected chi connectivity index (χ0v) is 36.3. The molecule has 0 radical (unpaired) electrons. The smallest absolute Gasteiger partial charge is 0.255 e. The van der Waals surface area contributed by atoms with Crippen LogP contribution in [-0.4, -0.2) is 92.6 Å². The molecule has 9 rings (SSSR count). The third kappa shape index (κ3) is 9.17. The summed E-state index contributed by atoms with van der Waals surface area (Å²) in [7, 11) is 1.65. The predicted octanol–water partition coefficient (Wildman–Crippen LogP) is 6.25. The molecular weight excluding hydrogens is 809 g/mol. The first-order valence-corrected chi connectivity index (χ1v) is 22.1. The molecule has 0 aliphatic carbocycles. The van der Waals surface area contributed by atoms with Crippen LogP contribution in [0.25, 0.3) is 0 Å². The number of hydrogen-bond acceptors (Lipinski definition) is 13. The van der Waals surface area contributed by atoms with E-state index >= 15 is 0 Å². The van der Waals surface area contributed by atoms with Crippen molar-refractivity contribution in [1.29, 1.82) is 5.41 Å². The molecule has 15 heteroatoms. The van der Waals surface area contributed by atoms with Crippen molar-refractivity contribution in [1.82, 2.24) is 30.1 Å². The van der Waals surface area contributed by atoms with Gasteiger partial charge in [-0.1, -0.05) is 42.5 Å². The number of imide groups is 1. The van der Waals surface area contributed by atoms with Gasteiger partial charge in [-0.15, -0.1) is 0 Å². The Morgan fingerprint density at radius 3 is 2.34 bits per heavy atom. The zero-order valence-electron chi connectivity index (χ0n) is 36.3. The lowest BCUT2D eigenvalue weighted by Crippen LogP contribution is -2.52. The maximum absolute atomic E-state index is 13.2. The molecule has 5 aromatic rings. The van der Waals surface area contributed by atoms with E-state index < -0.39 is 17.6 Å². The number of fused-ring (bicyclic) bond motifs is 1. The van der Waals surface area contributed by atoms with Crippen molar-refractivity contribution < 1.29 is 24.2 Å². The number of rotatable bonds is 13. The summed E-state index contributed by atoms with van der Waals surface area (Å²) in [4.78, 5) is 57.5. The number of piperidine rings is 3. The number of aliphatic hydroxyl groups is 1. The molecule has 6 heterocycles. The normalized spacial score (nSPS) is 19.0. The third-order valence-electron chi connectivity index (χ3n) is 13.2. The van der Waals surface area contributed by atoms with Crippen molar-refractivity contribution in [3.8, 4) is 5.75 Å². The Balaban J connectivity index is 0.729. The van der Waals surface area contributed by atoms with E-state index in [2.05, 4.69) is 66.0 Å². The molecule has 2 aromatic heterocycles. The number of aromatic nitrogens is 3. The van der Waals surface area contributed by atoms with Crippen LogP contribution >= 0.6 is 0 Å².